The van der Waals surface area contributed by atoms with E-state index in [4.69, 9.17) is 0 Å². The first kappa shape index (κ1) is 9.74. The zero-order valence-corrected chi connectivity index (χ0v) is 8.73. The van der Waals surface area contributed by atoms with Gasteiger partial charge < -0.3 is 4.57 Å². The summed E-state index contributed by atoms with van der Waals surface area (Å²) in [5, 5.41) is 0. The molecule has 12 heavy (non-hydrogen) atoms. The molecule has 0 unspecified atom stereocenters. The molecule has 0 amide bonds. The van der Waals surface area contributed by atoms with Crippen LogP contribution in [0.25, 0.3) is 0 Å². The minimum Gasteiger partial charge on any atom is -0.339 e. The summed E-state index contributed by atoms with van der Waals surface area (Å²) in [5.41, 5.74) is 0.0335. The molecule has 2 nitrogen and oxygen atoms in total. The van der Waals surface area contributed by atoms with E-state index in [1.165, 1.54) is 10.8 Å². The van der Waals surface area contributed by atoms with Gasteiger partial charge in [-0.2, -0.15) is 0 Å². The van der Waals surface area contributed by atoms with Crippen molar-refractivity contribution < 1.29 is 0 Å². The average molecular weight is 201 g/mol. The Morgan fingerprint density at radius 1 is 1.42 bits per heavy atom. The number of thiol groups is 1. The molecular weight excluding hydrogens is 190 g/mol. The molecule has 0 aromatic carbocycles. The van der Waals surface area contributed by atoms with Crippen LogP contribution >= 0.6 is 22.5 Å². The fraction of sp³-hybridized carbons (Fsp3) is 0.375. The summed E-state index contributed by atoms with van der Waals surface area (Å²) in [4.78, 5) is 10.7. The van der Waals surface area contributed by atoms with Crippen LogP contribution in [0.1, 0.15) is 13.8 Å². The van der Waals surface area contributed by atoms with E-state index >= 15 is 0 Å². The summed E-state index contributed by atoms with van der Waals surface area (Å²) >= 11 is 4.16. The Labute approximate surface area is 80.8 Å². The van der Waals surface area contributed by atoms with E-state index in [0.29, 0.717) is 0 Å². The van der Waals surface area contributed by atoms with Crippen molar-refractivity contribution in [3.8, 4) is 0 Å². The van der Waals surface area contributed by atoms with Gasteiger partial charge in [0.15, 0.2) is 5.43 Å². The molecule has 0 spiro atoms. The van der Waals surface area contributed by atoms with Gasteiger partial charge in [-0.05, 0) is 13.8 Å². The van der Waals surface area contributed by atoms with Crippen LogP contribution in [0, 0.1) is 0 Å². The normalized spacial score (nSPS) is 11.6. The fourth-order valence-corrected chi connectivity index (χ4v) is 1.32. The van der Waals surface area contributed by atoms with Gasteiger partial charge in [0.2, 0.25) is 0 Å². The van der Waals surface area contributed by atoms with E-state index in [0.717, 1.165) is 0 Å². The Balaban J connectivity index is 3.04. The van der Waals surface area contributed by atoms with Crippen LogP contribution in [0.2, 0.25) is 0 Å². The molecule has 0 aliphatic carbocycles. The third-order valence-corrected chi connectivity index (χ3v) is 3.64. The van der Waals surface area contributed by atoms with Crippen LogP contribution in [-0.4, -0.2) is 4.57 Å². The maximum Gasteiger partial charge on any atom is 0.181 e. The van der Waals surface area contributed by atoms with Gasteiger partial charge >= 0.3 is 0 Å². The van der Waals surface area contributed by atoms with Crippen LogP contribution in [0.3, 0.4) is 0 Å². The standard InChI is InChI=1S/C8H11NOS2/c1-8(2,12-11)9-5-3-7(10)4-6-9/h3-6,11H,1-2H3. The Morgan fingerprint density at radius 3 is 2.33 bits per heavy atom. The minimum atomic E-state index is -0.114. The highest BCUT2D eigenvalue weighted by Crippen LogP contribution is 2.31. The topological polar surface area (TPSA) is 22.0 Å². The second kappa shape index (κ2) is 3.58. The lowest BCUT2D eigenvalue weighted by molar-refractivity contribution is 0.537. The average Bonchev–Trinajstić information content (AvgIpc) is 2.05. The molecule has 1 heterocycles. The SMILES string of the molecule is CC(C)(SS)n1ccc(=O)cc1. The van der Waals surface area contributed by atoms with Gasteiger partial charge in [-0.25, -0.2) is 0 Å². The summed E-state index contributed by atoms with van der Waals surface area (Å²) in [6.07, 6.45) is 3.54. The van der Waals surface area contributed by atoms with E-state index in [1.807, 2.05) is 18.4 Å². The van der Waals surface area contributed by atoms with E-state index in [2.05, 4.69) is 11.7 Å². The third-order valence-electron chi connectivity index (χ3n) is 1.64. The zero-order chi connectivity index (χ0) is 9.19. The molecule has 0 N–H and O–H groups in total. The van der Waals surface area contributed by atoms with Crippen LogP contribution in [0.5, 0.6) is 0 Å². The Morgan fingerprint density at radius 2 is 1.92 bits per heavy atom. The quantitative estimate of drug-likeness (QED) is 0.585. The molecule has 1 aromatic rings. The second-order valence-corrected chi connectivity index (χ2v) is 4.71. The van der Waals surface area contributed by atoms with Crippen molar-refractivity contribution in [1.29, 1.82) is 0 Å². The Bertz CT molecular complexity index is 299. The monoisotopic (exact) mass is 201 g/mol. The maximum absolute atomic E-state index is 10.8. The number of hydrogen-bond acceptors (Lipinski definition) is 3. The summed E-state index contributed by atoms with van der Waals surface area (Å²) in [5.74, 6) is 0. The number of aromatic nitrogens is 1. The molecule has 1 rings (SSSR count). The van der Waals surface area contributed by atoms with Gasteiger partial charge in [0.05, 0.1) is 4.87 Å². The molecule has 0 bridgehead atoms. The summed E-state index contributed by atoms with van der Waals surface area (Å²) in [6, 6.07) is 3.09. The highest BCUT2D eigenvalue weighted by Gasteiger charge is 2.16. The molecule has 4 heteroatoms. The second-order valence-electron chi connectivity index (χ2n) is 2.98. The lowest BCUT2D eigenvalue weighted by atomic mass is 10.3. The highest BCUT2D eigenvalue weighted by atomic mass is 33.1. The molecule has 0 aliphatic heterocycles. The smallest absolute Gasteiger partial charge is 0.181 e. The number of hydrogen-bond donors (Lipinski definition) is 1. The lowest BCUT2D eigenvalue weighted by Crippen LogP contribution is -2.21. The van der Waals surface area contributed by atoms with Gasteiger partial charge in [-0.1, -0.05) is 10.8 Å². The lowest BCUT2D eigenvalue weighted by Gasteiger charge is -2.24. The van der Waals surface area contributed by atoms with Crippen molar-refractivity contribution in [2.24, 2.45) is 0 Å². The van der Waals surface area contributed by atoms with Crippen LogP contribution in [0.15, 0.2) is 29.3 Å². The van der Waals surface area contributed by atoms with Crippen LogP contribution < -0.4 is 5.43 Å². The van der Waals surface area contributed by atoms with Crippen molar-refractivity contribution in [3.05, 3.63) is 34.7 Å². The van der Waals surface area contributed by atoms with Gasteiger partial charge in [0.1, 0.15) is 0 Å². The predicted octanol–water partition coefficient (Wildman–Crippen LogP) is 2.12. The Kier molecular flexibility index (Phi) is 2.90. The van der Waals surface area contributed by atoms with E-state index < -0.39 is 0 Å². The summed E-state index contributed by atoms with van der Waals surface area (Å²) in [6.45, 7) is 4.07. The van der Waals surface area contributed by atoms with Crippen molar-refractivity contribution in [3.63, 3.8) is 0 Å². The molecule has 0 saturated heterocycles. The van der Waals surface area contributed by atoms with Crippen molar-refractivity contribution >= 4 is 22.5 Å². The molecule has 0 fully saturated rings. The van der Waals surface area contributed by atoms with Crippen molar-refractivity contribution in [1.82, 2.24) is 4.57 Å². The molecular formula is C8H11NOS2. The molecule has 0 aliphatic rings. The predicted molar refractivity (Wildman–Crippen MR) is 56.6 cm³/mol. The third kappa shape index (κ3) is 2.08. The first-order valence-electron chi connectivity index (χ1n) is 3.57. The summed E-state index contributed by atoms with van der Waals surface area (Å²) in [7, 11) is 1.44. The maximum atomic E-state index is 10.8. The van der Waals surface area contributed by atoms with E-state index in [1.54, 1.807) is 24.5 Å². The first-order valence-corrected chi connectivity index (χ1v) is 5.44. The Hall–Kier alpha value is -0.350. The fourth-order valence-electron chi connectivity index (χ4n) is 0.819. The zero-order valence-electron chi connectivity index (χ0n) is 7.02. The van der Waals surface area contributed by atoms with Gasteiger partial charge in [-0.3, -0.25) is 4.79 Å². The number of rotatable bonds is 2. The molecule has 0 saturated carbocycles. The molecule has 0 atom stereocenters. The number of pyridine rings is 1. The van der Waals surface area contributed by atoms with Gasteiger partial charge in [-0.15, -0.1) is 11.7 Å². The van der Waals surface area contributed by atoms with Crippen molar-refractivity contribution in [2.75, 3.05) is 0 Å². The van der Waals surface area contributed by atoms with Gasteiger partial charge in [0.25, 0.3) is 0 Å². The van der Waals surface area contributed by atoms with Crippen LogP contribution in [-0.2, 0) is 4.87 Å². The highest BCUT2D eigenvalue weighted by molar-refractivity contribution is 8.68. The van der Waals surface area contributed by atoms with E-state index in [9.17, 15) is 4.79 Å². The van der Waals surface area contributed by atoms with Crippen molar-refractivity contribution in [2.45, 2.75) is 18.7 Å². The van der Waals surface area contributed by atoms with Crippen LogP contribution in [0.4, 0.5) is 0 Å². The molecule has 1 aromatic heterocycles. The first-order chi connectivity index (χ1) is 5.56. The molecule has 66 valence electrons. The minimum absolute atomic E-state index is 0.0335. The molecule has 0 radical (unpaired) electrons. The van der Waals surface area contributed by atoms with Gasteiger partial charge in [0, 0.05) is 24.5 Å². The number of nitrogens with zero attached hydrogens (tertiary/aromatic N) is 1. The summed E-state index contributed by atoms with van der Waals surface area (Å²) < 4.78 is 1.95. The van der Waals surface area contributed by atoms with E-state index in [-0.39, 0.29) is 10.3 Å². The largest absolute Gasteiger partial charge is 0.339 e.